The molecule has 0 radical (unpaired) electrons. The first-order valence-electron chi connectivity index (χ1n) is 6.95. The highest BCUT2D eigenvalue weighted by Crippen LogP contribution is 2.48. The highest BCUT2D eigenvalue weighted by molar-refractivity contribution is 5.79. The number of ether oxygens (including phenoxy) is 1. The molecule has 0 heterocycles. The Balaban J connectivity index is 1.82. The van der Waals surface area contributed by atoms with Crippen LogP contribution in [-0.2, 0) is 4.74 Å². The molecule has 3 atom stereocenters. The predicted octanol–water partition coefficient (Wildman–Crippen LogP) is 0.820. The number of hydrazine groups is 1. The Hall–Kier alpha value is -0.810. The van der Waals surface area contributed by atoms with Gasteiger partial charge in [-0.05, 0) is 37.0 Å². The third-order valence-electron chi connectivity index (χ3n) is 4.44. The molecule has 0 aromatic rings. The molecule has 0 saturated heterocycles. The SMILES string of the molecule is COCCN=C(NN)N(C)CC1CC2CCC1C2. The van der Waals surface area contributed by atoms with E-state index in [-0.39, 0.29) is 0 Å². The summed E-state index contributed by atoms with van der Waals surface area (Å²) in [5, 5.41) is 0. The minimum absolute atomic E-state index is 0.632. The van der Waals surface area contributed by atoms with Gasteiger partial charge in [0, 0.05) is 20.7 Å². The highest BCUT2D eigenvalue weighted by Gasteiger charge is 2.39. The van der Waals surface area contributed by atoms with Crippen LogP contribution in [0.25, 0.3) is 0 Å². The van der Waals surface area contributed by atoms with Crippen molar-refractivity contribution in [3.63, 3.8) is 0 Å². The molecule has 18 heavy (non-hydrogen) atoms. The largest absolute Gasteiger partial charge is 0.383 e. The first-order valence-corrected chi connectivity index (χ1v) is 6.95. The van der Waals surface area contributed by atoms with E-state index in [1.54, 1.807) is 7.11 Å². The molecule has 0 aromatic heterocycles. The lowest BCUT2D eigenvalue weighted by Crippen LogP contribution is -2.45. The molecule has 5 heteroatoms. The van der Waals surface area contributed by atoms with E-state index in [4.69, 9.17) is 10.6 Å². The number of hydrogen-bond donors (Lipinski definition) is 2. The van der Waals surface area contributed by atoms with Gasteiger partial charge >= 0.3 is 0 Å². The fourth-order valence-electron chi connectivity index (χ4n) is 3.56. The molecule has 2 rings (SSSR count). The van der Waals surface area contributed by atoms with Gasteiger partial charge in [-0.3, -0.25) is 5.43 Å². The van der Waals surface area contributed by atoms with Gasteiger partial charge in [-0.15, -0.1) is 0 Å². The second-order valence-corrected chi connectivity index (χ2v) is 5.66. The van der Waals surface area contributed by atoms with Crippen LogP contribution in [0.15, 0.2) is 4.99 Å². The highest BCUT2D eigenvalue weighted by atomic mass is 16.5. The molecule has 2 fully saturated rings. The summed E-state index contributed by atoms with van der Waals surface area (Å²) in [5.41, 5.74) is 2.70. The molecule has 0 aromatic carbocycles. The summed E-state index contributed by atoms with van der Waals surface area (Å²) in [6.07, 6.45) is 5.72. The van der Waals surface area contributed by atoms with E-state index in [2.05, 4.69) is 22.4 Å². The van der Waals surface area contributed by atoms with Crippen molar-refractivity contribution in [1.82, 2.24) is 10.3 Å². The van der Waals surface area contributed by atoms with Crippen molar-refractivity contribution >= 4 is 5.96 Å². The Bertz CT molecular complexity index is 295. The van der Waals surface area contributed by atoms with Gasteiger partial charge in [-0.2, -0.15) is 0 Å². The lowest BCUT2D eigenvalue weighted by Gasteiger charge is -2.28. The number of nitrogens with zero attached hydrogens (tertiary/aromatic N) is 2. The molecule has 0 amide bonds. The van der Waals surface area contributed by atoms with Crippen molar-refractivity contribution in [3.8, 4) is 0 Å². The maximum absolute atomic E-state index is 5.54. The maximum atomic E-state index is 5.54. The molecule has 2 saturated carbocycles. The number of fused-ring (bicyclic) bond motifs is 2. The minimum atomic E-state index is 0.632. The van der Waals surface area contributed by atoms with Crippen molar-refractivity contribution in [1.29, 1.82) is 0 Å². The van der Waals surface area contributed by atoms with E-state index < -0.39 is 0 Å². The zero-order chi connectivity index (χ0) is 13.0. The Morgan fingerprint density at radius 1 is 1.44 bits per heavy atom. The zero-order valence-corrected chi connectivity index (χ0v) is 11.6. The van der Waals surface area contributed by atoms with E-state index in [9.17, 15) is 0 Å². The fourth-order valence-corrected chi connectivity index (χ4v) is 3.56. The zero-order valence-electron chi connectivity index (χ0n) is 11.6. The summed E-state index contributed by atoms with van der Waals surface area (Å²) < 4.78 is 5.00. The molecular formula is C13H26N4O. The Morgan fingerprint density at radius 2 is 2.28 bits per heavy atom. The molecule has 3 unspecified atom stereocenters. The molecule has 0 spiro atoms. The van der Waals surface area contributed by atoms with Crippen LogP contribution in [0.4, 0.5) is 0 Å². The van der Waals surface area contributed by atoms with E-state index in [1.807, 2.05) is 0 Å². The van der Waals surface area contributed by atoms with E-state index in [0.717, 1.165) is 30.3 Å². The average Bonchev–Trinajstić information content (AvgIpc) is 2.96. The topological polar surface area (TPSA) is 62.9 Å². The van der Waals surface area contributed by atoms with Crippen molar-refractivity contribution < 1.29 is 4.74 Å². The monoisotopic (exact) mass is 254 g/mol. The van der Waals surface area contributed by atoms with E-state index in [1.165, 1.54) is 25.7 Å². The summed E-state index contributed by atoms with van der Waals surface area (Å²) in [4.78, 5) is 6.57. The molecule has 0 aliphatic heterocycles. The van der Waals surface area contributed by atoms with Crippen LogP contribution in [0.3, 0.4) is 0 Å². The van der Waals surface area contributed by atoms with Gasteiger partial charge in [0.05, 0.1) is 13.2 Å². The average molecular weight is 254 g/mol. The molecule has 2 aliphatic rings. The number of guanidine groups is 1. The number of methoxy groups -OCH3 is 1. The number of hydrogen-bond acceptors (Lipinski definition) is 3. The summed E-state index contributed by atoms with van der Waals surface area (Å²) in [5.74, 6) is 9.08. The summed E-state index contributed by atoms with van der Waals surface area (Å²) in [7, 11) is 3.75. The number of nitrogens with two attached hydrogens (primary N) is 1. The Morgan fingerprint density at radius 3 is 2.83 bits per heavy atom. The summed E-state index contributed by atoms with van der Waals surface area (Å²) in [6.45, 7) is 2.35. The maximum Gasteiger partial charge on any atom is 0.208 e. The number of aliphatic imine (C=N–C) groups is 1. The molecule has 5 nitrogen and oxygen atoms in total. The van der Waals surface area contributed by atoms with Crippen LogP contribution in [0, 0.1) is 17.8 Å². The fraction of sp³-hybridized carbons (Fsp3) is 0.923. The minimum Gasteiger partial charge on any atom is -0.383 e. The van der Waals surface area contributed by atoms with E-state index in [0.29, 0.717) is 13.2 Å². The van der Waals surface area contributed by atoms with Crippen LogP contribution in [0.2, 0.25) is 0 Å². The van der Waals surface area contributed by atoms with Gasteiger partial charge in [0.2, 0.25) is 5.96 Å². The molecule has 3 N–H and O–H groups in total. The Labute approximate surface area is 110 Å². The van der Waals surface area contributed by atoms with Crippen LogP contribution in [-0.4, -0.2) is 44.7 Å². The normalized spacial score (nSPS) is 30.8. The number of rotatable bonds is 5. The van der Waals surface area contributed by atoms with Crippen molar-refractivity contribution in [3.05, 3.63) is 0 Å². The lowest BCUT2D eigenvalue weighted by atomic mass is 9.88. The molecular weight excluding hydrogens is 228 g/mol. The quantitative estimate of drug-likeness (QED) is 0.251. The van der Waals surface area contributed by atoms with Gasteiger partial charge in [-0.25, -0.2) is 10.8 Å². The smallest absolute Gasteiger partial charge is 0.208 e. The van der Waals surface area contributed by atoms with Gasteiger partial charge in [0.15, 0.2) is 0 Å². The van der Waals surface area contributed by atoms with Crippen molar-refractivity contribution in [2.24, 2.45) is 28.6 Å². The van der Waals surface area contributed by atoms with Crippen molar-refractivity contribution in [2.75, 3.05) is 33.9 Å². The van der Waals surface area contributed by atoms with Gasteiger partial charge in [0.25, 0.3) is 0 Å². The van der Waals surface area contributed by atoms with Crippen LogP contribution in [0.1, 0.15) is 25.7 Å². The molecule has 2 aliphatic carbocycles. The molecule has 104 valence electrons. The van der Waals surface area contributed by atoms with Gasteiger partial charge < -0.3 is 9.64 Å². The standard InChI is InChI=1S/C13H26N4O/c1-17(13(16-14)15-5-6-18-2)9-12-8-10-3-4-11(12)7-10/h10-12H,3-9,14H2,1-2H3,(H,15,16). The van der Waals surface area contributed by atoms with E-state index >= 15 is 0 Å². The first kappa shape index (κ1) is 13.6. The second-order valence-electron chi connectivity index (χ2n) is 5.66. The van der Waals surface area contributed by atoms with Crippen molar-refractivity contribution in [2.45, 2.75) is 25.7 Å². The predicted molar refractivity (Wildman–Crippen MR) is 73.1 cm³/mol. The van der Waals surface area contributed by atoms with Crippen LogP contribution < -0.4 is 11.3 Å². The number of nitrogens with one attached hydrogen (secondary N) is 1. The second kappa shape index (κ2) is 6.38. The summed E-state index contributed by atoms with van der Waals surface area (Å²) in [6, 6.07) is 0. The van der Waals surface area contributed by atoms with Crippen LogP contribution in [0.5, 0.6) is 0 Å². The molecule has 2 bridgehead atoms. The third-order valence-corrected chi connectivity index (χ3v) is 4.44. The van der Waals surface area contributed by atoms with Gasteiger partial charge in [0.1, 0.15) is 0 Å². The van der Waals surface area contributed by atoms with Gasteiger partial charge in [-0.1, -0.05) is 6.42 Å². The summed E-state index contributed by atoms with van der Waals surface area (Å²) >= 11 is 0. The third kappa shape index (κ3) is 3.14. The first-order chi connectivity index (χ1) is 8.74. The lowest BCUT2D eigenvalue weighted by molar-refractivity contribution is 0.207. The Kier molecular flexibility index (Phi) is 4.83. The van der Waals surface area contributed by atoms with Crippen LogP contribution >= 0.6 is 0 Å².